The van der Waals surface area contributed by atoms with Crippen molar-refractivity contribution in [2.45, 2.75) is 6.42 Å². The molecule has 7 heteroatoms. The summed E-state index contributed by atoms with van der Waals surface area (Å²) >= 11 is 0. The fraction of sp³-hybridized carbons (Fsp3) is 0.0800. The third-order valence-corrected chi connectivity index (χ3v) is 5.31. The number of carbonyl (C=O) groups is 2. The van der Waals surface area contributed by atoms with Gasteiger partial charge >= 0.3 is 0 Å². The van der Waals surface area contributed by atoms with Crippen LogP contribution in [0.2, 0.25) is 0 Å². The van der Waals surface area contributed by atoms with Crippen molar-refractivity contribution in [2.24, 2.45) is 0 Å². The minimum absolute atomic E-state index is 0.0896. The lowest BCUT2D eigenvalue weighted by Crippen LogP contribution is -2.28. The van der Waals surface area contributed by atoms with Gasteiger partial charge in [-0.1, -0.05) is 18.2 Å². The first kappa shape index (κ1) is 19.6. The molecule has 0 bridgehead atoms. The number of hydrogen-bond acceptors (Lipinski definition) is 4. The van der Waals surface area contributed by atoms with E-state index in [0.717, 1.165) is 28.9 Å². The first-order valence-corrected chi connectivity index (χ1v) is 10.2. The summed E-state index contributed by atoms with van der Waals surface area (Å²) < 4.78 is 6.78. The maximum Gasteiger partial charge on any atom is 0.261 e. The highest BCUT2D eigenvalue weighted by Gasteiger charge is 2.26. The van der Waals surface area contributed by atoms with E-state index in [-0.39, 0.29) is 11.8 Å². The highest BCUT2D eigenvalue weighted by Crippen LogP contribution is 2.31. The van der Waals surface area contributed by atoms with Gasteiger partial charge in [-0.2, -0.15) is 5.10 Å². The van der Waals surface area contributed by atoms with Crippen LogP contribution in [-0.4, -0.2) is 28.1 Å². The average molecular weight is 424 g/mol. The number of anilines is 2. The van der Waals surface area contributed by atoms with Gasteiger partial charge in [-0.15, -0.1) is 0 Å². The highest BCUT2D eigenvalue weighted by atomic mass is 16.3. The van der Waals surface area contributed by atoms with Gasteiger partial charge in [0.1, 0.15) is 6.26 Å². The van der Waals surface area contributed by atoms with Crippen molar-refractivity contribution in [1.82, 2.24) is 9.78 Å². The zero-order valence-electron chi connectivity index (χ0n) is 17.1. The van der Waals surface area contributed by atoms with Gasteiger partial charge in [0.05, 0.1) is 23.7 Å². The summed E-state index contributed by atoms with van der Waals surface area (Å²) in [6.45, 7) is 0.599. The van der Waals surface area contributed by atoms with E-state index in [1.54, 1.807) is 34.0 Å². The number of nitrogens with zero attached hydrogens (tertiary/aromatic N) is 3. The van der Waals surface area contributed by atoms with Crippen LogP contribution in [0.4, 0.5) is 11.4 Å². The Morgan fingerprint density at radius 2 is 1.97 bits per heavy atom. The monoisotopic (exact) mass is 424 g/mol. The Kier molecular flexibility index (Phi) is 5.13. The van der Waals surface area contributed by atoms with Crippen LogP contribution < -0.4 is 10.2 Å². The molecule has 3 heterocycles. The molecule has 2 amide bonds. The van der Waals surface area contributed by atoms with E-state index in [4.69, 9.17) is 4.42 Å². The van der Waals surface area contributed by atoms with Crippen LogP contribution in [0.25, 0.3) is 11.8 Å². The zero-order chi connectivity index (χ0) is 21.9. The van der Waals surface area contributed by atoms with Gasteiger partial charge in [0.15, 0.2) is 0 Å². The third kappa shape index (κ3) is 3.96. The first-order valence-electron chi connectivity index (χ1n) is 10.2. The predicted molar refractivity (Wildman–Crippen MR) is 122 cm³/mol. The summed E-state index contributed by atoms with van der Waals surface area (Å²) in [4.78, 5) is 26.7. The summed E-state index contributed by atoms with van der Waals surface area (Å²) in [5, 5.41) is 7.20. The summed E-state index contributed by atoms with van der Waals surface area (Å²) in [6.07, 6.45) is 10.4. The lowest BCUT2D eigenvalue weighted by molar-refractivity contribution is -0.111. The number of carbonyl (C=O) groups excluding carboxylic acids is 2. The Hall–Kier alpha value is -4.39. The van der Waals surface area contributed by atoms with Crippen molar-refractivity contribution in [3.63, 3.8) is 0 Å². The molecule has 0 fully saturated rings. The number of rotatable bonds is 5. The van der Waals surface area contributed by atoms with Crippen LogP contribution in [-0.2, 0) is 11.2 Å². The van der Waals surface area contributed by atoms with Gasteiger partial charge in [-0.3, -0.25) is 9.59 Å². The molecule has 0 aliphatic carbocycles. The number of nitrogens with one attached hydrogen (secondary N) is 1. The molecule has 0 saturated heterocycles. The number of benzene rings is 2. The van der Waals surface area contributed by atoms with Gasteiger partial charge in [-0.05, 0) is 54.5 Å². The van der Waals surface area contributed by atoms with Crippen LogP contribution in [0.1, 0.15) is 21.5 Å². The van der Waals surface area contributed by atoms with Crippen LogP contribution in [0, 0.1) is 0 Å². The van der Waals surface area contributed by atoms with Gasteiger partial charge in [0, 0.05) is 35.8 Å². The predicted octanol–water partition coefficient (Wildman–Crippen LogP) is 4.32. The van der Waals surface area contributed by atoms with Crippen LogP contribution in [0.5, 0.6) is 0 Å². The molecule has 158 valence electrons. The second kappa shape index (κ2) is 8.39. The van der Waals surface area contributed by atoms with Gasteiger partial charge in [0.2, 0.25) is 5.91 Å². The lowest BCUT2D eigenvalue weighted by Gasteiger charge is -2.16. The van der Waals surface area contributed by atoms with Crippen molar-refractivity contribution in [3.8, 4) is 5.69 Å². The number of hydrogen-bond donors (Lipinski definition) is 1. The molecule has 32 heavy (non-hydrogen) atoms. The molecular weight excluding hydrogens is 404 g/mol. The van der Waals surface area contributed by atoms with E-state index < -0.39 is 0 Å². The molecule has 0 spiro atoms. The molecule has 1 N–H and O–H groups in total. The van der Waals surface area contributed by atoms with E-state index >= 15 is 0 Å². The molecule has 0 radical (unpaired) electrons. The molecule has 7 nitrogen and oxygen atoms in total. The number of fused-ring (bicyclic) bond motifs is 1. The average Bonchev–Trinajstić information content (AvgIpc) is 3.58. The summed E-state index contributed by atoms with van der Waals surface area (Å²) in [6, 6.07) is 17.0. The van der Waals surface area contributed by atoms with E-state index in [2.05, 4.69) is 10.4 Å². The number of para-hydroxylation sites is 1. The van der Waals surface area contributed by atoms with Gasteiger partial charge < -0.3 is 14.6 Å². The molecule has 1 aliphatic rings. The normalized spacial score (nSPS) is 12.8. The van der Waals surface area contributed by atoms with E-state index in [9.17, 15) is 9.59 Å². The zero-order valence-corrected chi connectivity index (χ0v) is 17.1. The Bertz CT molecular complexity index is 1290. The Balaban J connectivity index is 1.24. The Morgan fingerprint density at radius 1 is 1.09 bits per heavy atom. The van der Waals surface area contributed by atoms with Crippen molar-refractivity contribution < 1.29 is 14.0 Å². The molecule has 0 atom stereocenters. The van der Waals surface area contributed by atoms with Crippen molar-refractivity contribution >= 4 is 29.3 Å². The smallest absolute Gasteiger partial charge is 0.261 e. The second-order valence-electron chi connectivity index (χ2n) is 7.44. The topological polar surface area (TPSA) is 80.4 Å². The highest BCUT2D eigenvalue weighted by molar-refractivity contribution is 6.07. The number of furan rings is 1. The molecule has 5 rings (SSSR count). The van der Waals surface area contributed by atoms with E-state index in [1.165, 1.54) is 18.6 Å². The van der Waals surface area contributed by atoms with Crippen LogP contribution in [0.3, 0.4) is 0 Å². The largest absolute Gasteiger partial charge is 0.472 e. The standard InChI is InChI=1S/C25H20N4O3/c30-24(9-6-18-15-26-29(16-18)22-4-2-1-3-5-22)27-21-7-8-23-19(14-21)10-12-28(23)25(31)20-11-13-32-17-20/h1-9,11,13-17H,10,12H2,(H,27,30). The van der Waals surface area contributed by atoms with Gasteiger partial charge in [-0.25, -0.2) is 4.68 Å². The minimum Gasteiger partial charge on any atom is -0.472 e. The molecule has 0 saturated carbocycles. The molecule has 4 aromatic rings. The second-order valence-corrected chi connectivity index (χ2v) is 7.44. The lowest BCUT2D eigenvalue weighted by atomic mass is 10.1. The molecule has 2 aromatic heterocycles. The van der Waals surface area contributed by atoms with Crippen molar-refractivity contribution in [1.29, 1.82) is 0 Å². The molecule has 2 aromatic carbocycles. The van der Waals surface area contributed by atoms with E-state index in [0.29, 0.717) is 17.8 Å². The Morgan fingerprint density at radius 3 is 2.78 bits per heavy atom. The third-order valence-electron chi connectivity index (χ3n) is 5.31. The number of amides is 2. The maximum atomic E-state index is 12.6. The molecular formula is C25H20N4O3. The summed E-state index contributed by atoms with van der Waals surface area (Å²) in [5.41, 5.74) is 4.87. The van der Waals surface area contributed by atoms with Crippen molar-refractivity contribution in [3.05, 3.63) is 102 Å². The van der Waals surface area contributed by atoms with Crippen molar-refractivity contribution in [2.75, 3.05) is 16.8 Å². The summed E-state index contributed by atoms with van der Waals surface area (Å²) in [7, 11) is 0. The summed E-state index contributed by atoms with van der Waals surface area (Å²) in [5.74, 6) is -0.324. The Labute approximate surface area is 184 Å². The molecule has 1 aliphatic heterocycles. The number of aromatic nitrogens is 2. The quantitative estimate of drug-likeness (QED) is 0.484. The molecule has 0 unspecified atom stereocenters. The van der Waals surface area contributed by atoms with Gasteiger partial charge in [0.25, 0.3) is 5.91 Å². The van der Waals surface area contributed by atoms with E-state index in [1.807, 2.05) is 48.7 Å². The van der Waals surface area contributed by atoms with Crippen LogP contribution in [0.15, 0.2) is 90.0 Å². The maximum absolute atomic E-state index is 12.6. The fourth-order valence-electron chi connectivity index (χ4n) is 3.73. The first-order chi connectivity index (χ1) is 15.7. The van der Waals surface area contributed by atoms with Crippen LogP contribution >= 0.6 is 0 Å². The fourth-order valence-corrected chi connectivity index (χ4v) is 3.73. The minimum atomic E-state index is -0.235. The SMILES string of the molecule is O=C(C=Cc1cnn(-c2ccccc2)c1)Nc1ccc2c(c1)CCN2C(=O)c1ccoc1.